The molecule has 0 radical (unpaired) electrons. The Bertz CT molecular complexity index is 294. The van der Waals surface area contributed by atoms with Gasteiger partial charge >= 0.3 is 0 Å². The third kappa shape index (κ3) is 3.25. The molecule has 0 saturated carbocycles. The van der Waals surface area contributed by atoms with Crippen LogP contribution in [0.3, 0.4) is 0 Å². The molecule has 0 aliphatic heterocycles. The minimum atomic E-state index is 0.380. The van der Waals surface area contributed by atoms with Crippen LogP contribution >= 0.6 is 11.3 Å². The highest BCUT2D eigenvalue weighted by Crippen LogP contribution is 2.29. The molecule has 0 aliphatic rings. The van der Waals surface area contributed by atoms with Crippen LogP contribution in [-0.4, -0.2) is 16.7 Å². The topological polar surface area (TPSA) is 37.8 Å². The Kier molecular flexibility index (Phi) is 5.91. The molecule has 1 aromatic heterocycles. The Hall–Kier alpha value is -0.480. The molecular formula is C12H23N3S. The van der Waals surface area contributed by atoms with E-state index in [1.807, 2.05) is 0 Å². The van der Waals surface area contributed by atoms with Crippen molar-refractivity contribution < 1.29 is 0 Å². The summed E-state index contributed by atoms with van der Waals surface area (Å²) >= 11 is 1.78. The number of rotatable bonds is 7. The largest absolute Gasteiger partial charge is 0.308 e. The first-order valence-corrected chi connectivity index (χ1v) is 7.14. The zero-order valence-corrected chi connectivity index (χ0v) is 11.6. The predicted molar refractivity (Wildman–Crippen MR) is 69.9 cm³/mol. The highest BCUT2D eigenvalue weighted by molar-refractivity contribution is 7.11. The van der Waals surface area contributed by atoms with Gasteiger partial charge < -0.3 is 5.32 Å². The quantitative estimate of drug-likeness (QED) is 0.794. The molecule has 0 amide bonds. The summed E-state index contributed by atoms with van der Waals surface area (Å²) in [5.41, 5.74) is 0. The van der Waals surface area contributed by atoms with E-state index in [0.29, 0.717) is 12.0 Å². The lowest BCUT2D eigenvalue weighted by molar-refractivity contribution is 0.530. The van der Waals surface area contributed by atoms with Crippen LogP contribution in [0.5, 0.6) is 0 Å². The molecule has 1 unspecified atom stereocenters. The Morgan fingerprint density at radius 2 is 1.62 bits per heavy atom. The van der Waals surface area contributed by atoms with Crippen LogP contribution < -0.4 is 5.32 Å². The summed E-state index contributed by atoms with van der Waals surface area (Å²) < 4.78 is 0. The highest BCUT2D eigenvalue weighted by Gasteiger charge is 2.17. The SMILES string of the molecule is CCNC(CC)c1nnc(C(CC)CC)s1. The molecule has 16 heavy (non-hydrogen) atoms. The number of nitrogens with one attached hydrogen (secondary N) is 1. The van der Waals surface area contributed by atoms with Crippen molar-refractivity contribution >= 4 is 11.3 Å². The second-order valence-corrected chi connectivity index (χ2v) is 5.05. The molecule has 92 valence electrons. The summed E-state index contributed by atoms with van der Waals surface area (Å²) in [7, 11) is 0. The maximum Gasteiger partial charge on any atom is 0.134 e. The average molecular weight is 241 g/mol. The van der Waals surface area contributed by atoms with Gasteiger partial charge in [0.2, 0.25) is 0 Å². The second kappa shape index (κ2) is 6.97. The van der Waals surface area contributed by atoms with Crippen LogP contribution in [0.2, 0.25) is 0 Å². The van der Waals surface area contributed by atoms with Crippen LogP contribution in [0.4, 0.5) is 0 Å². The van der Waals surface area contributed by atoms with Gasteiger partial charge in [-0.05, 0) is 25.8 Å². The third-order valence-corrected chi connectivity index (χ3v) is 4.15. The van der Waals surface area contributed by atoms with Gasteiger partial charge in [0.25, 0.3) is 0 Å². The molecule has 1 heterocycles. The molecule has 0 saturated heterocycles. The number of hydrogen-bond acceptors (Lipinski definition) is 4. The lowest BCUT2D eigenvalue weighted by atomic mass is 10.1. The number of hydrogen-bond donors (Lipinski definition) is 1. The molecule has 0 bridgehead atoms. The van der Waals surface area contributed by atoms with Crippen molar-refractivity contribution in [3.8, 4) is 0 Å². The maximum absolute atomic E-state index is 4.34. The fourth-order valence-corrected chi connectivity index (χ4v) is 3.11. The summed E-state index contributed by atoms with van der Waals surface area (Å²) in [6.07, 6.45) is 3.39. The van der Waals surface area contributed by atoms with Gasteiger partial charge in [-0.3, -0.25) is 0 Å². The molecule has 0 spiro atoms. The van der Waals surface area contributed by atoms with Crippen molar-refractivity contribution in [1.29, 1.82) is 0 Å². The first-order valence-electron chi connectivity index (χ1n) is 6.33. The number of nitrogens with zero attached hydrogens (tertiary/aromatic N) is 2. The van der Waals surface area contributed by atoms with E-state index >= 15 is 0 Å². The van der Waals surface area contributed by atoms with Crippen molar-refractivity contribution in [3.05, 3.63) is 10.0 Å². The summed E-state index contributed by atoms with van der Waals surface area (Å²) in [5.74, 6) is 0.588. The van der Waals surface area contributed by atoms with E-state index < -0.39 is 0 Å². The van der Waals surface area contributed by atoms with Gasteiger partial charge in [0.15, 0.2) is 0 Å². The summed E-state index contributed by atoms with van der Waals surface area (Å²) in [6, 6.07) is 0.380. The number of aromatic nitrogens is 2. The second-order valence-electron chi connectivity index (χ2n) is 4.01. The zero-order valence-electron chi connectivity index (χ0n) is 10.8. The molecular weight excluding hydrogens is 218 g/mol. The van der Waals surface area contributed by atoms with Gasteiger partial charge in [-0.1, -0.05) is 39.0 Å². The Morgan fingerprint density at radius 1 is 1.00 bits per heavy atom. The van der Waals surface area contributed by atoms with Crippen LogP contribution in [0.15, 0.2) is 0 Å². The minimum absolute atomic E-state index is 0.380. The van der Waals surface area contributed by atoms with Gasteiger partial charge in [0.05, 0.1) is 6.04 Å². The van der Waals surface area contributed by atoms with Gasteiger partial charge in [-0.25, -0.2) is 0 Å². The molecule has 1 atom stereocenters. The molecule has 1 aromatic rings. The van der Waals surface area contributed by atoms with Crippen molar-refractivity contribution in [2.24, 2.45) is 0 Å². The molecule has 1 N–H and O–H groups in total. The Labute approximate surface area is 103 Å². The Balaban J connectivity index is 2.75. The van der Waals surface area contributed by atoms with Crippen LogP contribution in [0.1, 0.15) is 68.9 Å². The smallest absolute Gasteiger partial charge is 0.134 e. The van der Waals surface area contributed by atoms with Gasteiger partial charge in [-0.2, -0.15) is 0 Å². The van der Waals surface area contributed by atoms with Crippen LogP contribution in [0.25, 0.3) is 0 Å². The average Bonchev–Trinajstić information content (AvgIpc) is 2.77. The summed E-state index contributed by atoms with van der Waals surface area (Å²) in [5, 5.41) is 14.5. The van der Waals surface area contributed by atoms with Crippen LogP contribution in [0, 0.1) is 0 Å². The van der Waals surface area contributed by atoms with Crippen molar-refractivity contribution in [2.75, 3.05) is 6.54 Å². The Morgan fingerprint density at radius 3 is 2.12 bits per heavy atom. The first-order chi connectivity index (χ1) is 7.76. The van der Waals surface area contributed by atoms with Gasteiger partial charge in [0, 0.05) is 5.92 Å². The molecule has 0 aromatic carbocycles. The van der Waals surface area contributed by atoms with Crippen molar-refractivity contribution in [2.45, 2.75) is 58.9 Å². The van der Waals surface area contributed by atoms with Crippen LogP contribution in [-0.2, 0) is 0 Å². The lowest BCUT2D eigenvalue weighted by Gasteiger charge is -2.11. The van der Waals surface area contributed by atoms with E-state index in [0.717, 1.165) is 30.8 Å². The molecule has 4 heteroatoms. The predicted octanol–water partition coefficient (Wildman–Crippen LogP) is 3.50. The summed E-state index contributed by atoms with van der Waals surface area (Å²) in [4.78, 5) is 0. The first kappa shape index (κ1) is 13.6. The van der Waals surface area contributed by atoms with E-state index in [1.165, 1.54) is 5.01 Å². The maximum atomic E-state index is 4.34. The monoisotopic (exact) mass is 241 g/mol. The van der Waals surface area contributed by atoms with Gasteiger partial charge in [-0.15, -0.1) is 10.2 Å². The van der Waals surface area contributed by atoms with Gasteiger partial charge in [0.1, 0.15) is 10.0 Å². The van der Waals surface area contributed by atoms with E-state index in [4.69, 9.17) is 0 Å². The third-order valence-electron chi connectivity index (χ3n) is 2.95. The fourth-order valence-electron chi connectivity index (χ4n) is 1.84. The molecule has 1 rings (SSSR count). The summed E-state index contributed by atoms with van der Waals surface area (Å²) in [6.45, 7) is 9.74. The van der Waals surface area contributed by atoms with Crippen molar-refractivity contribution in [3.63, 3.8) is 0 Å². The lowest BCUT2D eigenvalue weighted by Crippen LogP contribution is -2.19. The van der Waals surface area contributed by atoms with E-state index in [-0.39, 0.29) is 0 Å². The standard InChI is InChI=1S/C12H23N3S/c1-5-9(6-2)11-14-15-12(16-11)10(7-3)13-8-4/h9-10,13H,5-8H2,1-4H3. The van der Waals surface area contributed by atoms with E-state index in [2.05, 4.69) is 43.2 Å². The van der Waals surface area contributed by atoms with Crippen molar-refractivity contribution in [1.82, 2.24) is 15.5 Å². The molecule has 0 aliphatic carbocycles. The highest BCUT2D eigenvalue weighted by atomic mass is 32.1. The minimum Gasteiger partial charge on any atom is -0.308 e. The molecule has 3 nitrogen and oxygen atoms in total. The van der Waals surface area contributed by atoms with E-state index in [9.17, 15) is 0 Å². The molecule has 0 fully saturated rings. The zero-order chi connectivity index (χ0) is 12.0. The van der Waals surface area contributed by atoms with E-state index in [1.54, 1.807) is 11.3 Å². The fraction of sp³-hybridized carbons (Fsp3) is 0.833. The normalized spacial score (nSPS) is 13.3.